The molecule has 0 N–H and O–H groups in total. The van der Waals surface area contributed by atoms with E-state index in [0.717, 1.165) is 0 Å². The second-order valence-electron chi connectivity index (χ2n) is 20.1. The van der Waals surface area contributed by atoms with E-state index < -0.39 is 122 Å². The molecule has 10 unspecified atom stereocenters. The maximum atomic E-state index is 13.1. The van der Waals surface area contributed by atoms with Crippen LogP contribution in [0.25, 0.3) is 0 Å². The van der Waals surface area contributed by atoms with Crippen molar-refractivity contribution in [1.29, 1.82) is 0 Å². The van der Waals surface area contributed by atoms with Crippen LogP contribution in [0.2, 0.25) is 0 Å². The van der Waals surface area contributed by atoms with Gasteiger partial charge in [0.2, 0.25) is 0 Å². The summed E-state index contributed by atoms with van der Waals surface area (Å²) in [4.78, 5) is 32.6. The van der Waals surface area contributed by atoms with Gasteiger partial charge >= 0.3 is 52.0 Å². The van der Waals surface area contributed by atoms with E-state index in [1.54, 1.807) is 0 Å². The first-order valence-electron chi connectivity index (χ1n) is 25.7. The number of benzene rings is 6. The van der Waals surface area contributed by atoms with Crippen LogP contribution in [0.3, 0.4) is 0 Å². The molecule has 0 radical (unpaired) electrons. The molecule has 16 nitrogen and oxygen atoms in total. The summed E-state index contributed by atoms with van der Waals surface area (Å²) in [6.07, 6.45) is -3.92. The van der Waals surface area contributed by atoms with E-state index in [1.165, 1.54) is 40.5 Å². The topological polar surface area (TPSA) is 254 Å². The van der Waals surface area contributed by atoms with Gasteiger partial charge in [-0.1, -0.05) is 138 Å². The molecular formula is C58H59BrF4INaO16S6. The van der Waals surface area contributed by atoms with E-state index in [0.29, 0.717) is 12.8 Å². The molecule has 10 atom stereocenters. The van der Waals surface area contributed by atoms with Crippen LogP contribution in [-0.2, 0) is 89.7 Å². The van der Waals surface area contributed by atoms with Crippen LogP contribution in [-0.4, -0.2) is 105 Å². The predicted octanol–water partition coefficient (Wildman–Crippen LogP) is 4.22. The van der Waals surface area contributed by atoms with E-state index in [9.17, 15) is 69.9 Å². The van der Waals surface area contributed by atoms with Gasteiger partial charge in [0.15, 0.2) is 49.6 Å². The van der Waals surface area contributed by atoms with E-state index in [1.807, 2.05) is 4.93 Å². The van der Waals surface area contributed by atoms with Gasteiger partial charge in [0.05, 0.1) is 32.3 Å². The molecule has 12 rings (SSSR count). The second-order valence-corrected chi connectivity index (χ2v) is 30.6. The maximum absolute atomic E-state index is 13.1. The number of hydrogen-bond acceptors (Lipinski definition) is 16. The number of fused-ring (bicyclic) bond motifs is 2. The van der Waals surface area contributed by atoms with E-state index >= 15 is 0 Å². The molecule has 87 heavy (non-hydrogen) atoms. The molecule has 466 valence electrons. The Kier molecular flexibility index (Phi) is 25.9. The minimum Gasteiger partial charge on any atom is -1.00 e. The van der Waals surface area contributed by atoms with Crippen molar-refractivity contribution in [2.75, 3.05) is 4.93 Å². The molecule has 4 saturated carbocycles. The van der Waals surface area contributed by atoms with Crippen molar-refractivity contribution in [2.45, 2.75) is 122 Å². The Bertz CT molecular complexity index is 3420. The van der Waals surface area contributed by atoms with Crippen LogP contribution < -0.4 is 46.5 Å². The maximum Gasteiger partial charge on any atom is 1.00 e. The number of ether oxygens (including phenoxy) is 2. The number of halogens is 6. The molecule has 0 aromatic heterocycles. The van der Waals surface area contributed by atoms with Crippen LogP contribution in [0.4, 0.5) is 17.6 Å². The largest absolute Gasteiger partial charge is 1.00 e. The van der Waals surface area contributed by atoms with Gasteiger partial charge in [-0.25, -0.2) is 26.4 Å². The third-order valence-electron chi connectivity index (χ3n) is 14.8. The van der Waals surface area contributed by atoms with Gasteiger partial charge in [-0.05, 0) is 117 Å². The third kappa shape index (κ3) is 16.4. The molecular weight excluding hydrogens is 1450 g/mol. The second kappa shape index (κ2) is 30.3. The molecule has 2 aliphatic heterocycles. The number of carbonyl (C=O) groups is 2. The van der Waals surface area contributed by atoms with Crippen molar-refractivity contribution in [3.8, 4) is 0 Å². The summed E-state index contributed by atoms with van der Waals surface area (Å²) in [5, 5.41) is -11.9. The van der Waals surface area contributed by atoms with E-state index in [4.69, 9.17) is 8.37 Å². The molecule has 4 aliphatic carbocycles. The zero-order chi connectivity index (χ0) is 61.2. The fourth-order valence-electron chi connectivity index (χ4n) is 11.1. The van der Waals surface area contributed by atoms with E-state index in [2.05, 4.69) is 216 Å². The van der Waals surface area contributed by atoms with Gasteiger partial charge in [-0.3, -0.25) is 8.37 Å². The average Bonchev–Trinajstić information content (AvgIpc) is 1.59. The van der Waals surface area contributed by atoms with Crippen LogP contribution in [0.15, 0.2) is 199 Å². The third-order valence-corrected chi connectivity index (χ3v) is 24.4. The molecule has 6 fully saturated rings. The first-order chi connectivity index (χ1) is 39.6. The zero-order valence-electron chi connectivity index (χ0n) is 46.0. The van der Waals surface area contributed by atoms with Gasteiger partial charge < -0.3 is 35.6 Å². The Morgan fingerprint density at radius 1 is 0.494 bits per heavy atom. The molecule has 6 aromatic rings. The molecule has 0 spiro atoms. The van der Waals surface area contributed by atoms with Gasteiger partial charge in [0.25, 0.3) is 20.2 Å². The van der Waals surface area contributed by atoms with Crippen molar-refractivity contribution in [3.63, 3.8) is 0 Å². The van der Waals surface area contributed by atoms with Crippen molar-refractivity contribution >= 4 is 96.8 Å². The quantitative estimate of drug-likeness (QED) is 0.0243. The number of alkyl halides is 5. The molecule has 4 bridgehead atoms. The summed E-state index contributed by atoms with van der Waals surface area (Å²) < 4.78 is 179. The Labute approximate surface area is 556 Å². The van der Waals surface area contributed by atoms with E-state index in [-0.39, 0.29) is 88.6 Å². The average molecular weight is 1510 g/mol. The summed E-state index contributed by atoms with van der Waals surface area (Å²) >= 11 is 2.15. The molecule has 2 heterocycles. The Morgan fingerprint density at radius 3 is 0.977 bits per heavy atom. The summed E-state index contributed by atoms with van der Waals surface area (Å²) in [5.74, 6) is -6.93. The fraction of sp³-hybridized carbons (Fsp3) is 0.345. The Morgan fingerprint density at radius 2 is 0.736 bits per heavy atom. The van der Waals surface area contributed by atoms with Gasteiger partial charge in [-0.15, -0.1) is 0 Å². The fourth-order valence-corrected chi connectivity index (χ4v) is 19.5. The molecule has 6 aromatic carbocycles. The zero-order valence-corrected chi connectivity index (χ0v) is 56.7. The first kappa shape index (κ1) is 74.3. The number of carbonyl (C=O) groups excluding carboxylic acids is 2. The predicted molar refractivity (Wildman–Crippen MR) is 316 cm³/mol. The molecule has 6 aliphatic rings. The minimum atomic E-state index is -6.21. The van der Waals surface area contributed by atoms with Crippen molar-refractivity contribution in [2.24, 2.45) is 23.7 Å². The Balaban J connectivity index is 0.000000207. The van der Waals surface area contributed by atoms with Crippen LogP contribution in [0.5, 0.6) is 0 Å². The number of rotatable bonds is 12. The van der Waals surface area contributed by atoms with Gasteiger partial charge in [0, 0.05) is 23.7 Å². The number of aryl methyl sites for hydroxylation is 2. The summed E-state index contributed by atoms with van der Waals surface area (Å²) in [7, 11) is -20.1. The van der Waals surface area contributed by atoms with Crippen molar-refractivity contribution in [3.05, 3.63) is 181 Å². The molecule has 0 amide bonds. The molecule has 2 saturated heterocycles. The van der Waals surface area contributed by atoms with Gasteiger partial charge in [0.1, 0.15) is 24.4 Å². The number of hydrogen-bond donors (Lipinski definition) is 0. The Hall–Kier alpha value is -3.47. The number of esters is 2. The first-order valence-corrected chi connectivity index (χ1v) is 36.1. The SMILES string of the molecule is C.CI.Cc1ccc([S+](c2ccccc2)c2ccccc2)cc1.Cc1ccc([S+](c2ccccc2)c2ccccc2)cc1.O=C(OC1C2CC3C1OS(=O)(=O)C3C2)C(F)(F)S(=O)(=O)[O-].O=C(OC1C2CC3C1OS(=O)(=O)C3C2)C(F)(F)S(=O)(=O)[O-].[Br-].[Na+]. The van der Waals surface area contributed by atoms with Crippen molar-refractivity contribution in [1.82, 2.24) is 0 Å². The summed E-state index contributed by atoms with van der Waals surface area (Å²) in [5.41, 5.74) is 2.61. The minimum absolute atomic E-state index is 0. The van der Waals surface area contributed by atoms with Crippen LogP contribution in [0.1, 0.15) is 44.2 Å². The smallest absolute Gasteiger partial charge is 1.00 e. The molecule has 29 heteroatoms. The monoisotopic (exact) mass is 1510 g/mol. The summed E-state index contributed by atoms with van der Waals surface area (Å²) in [6, 6.07) is 60.8. The van der Waals surface area contributed by atoms with Crippen LogP contribution in [0, 0.1) is 37.5 Å². The normalized spacial score (nSPS) is 24.5. The standard InChI is InChI=1S/2C19H17S.2C9H10F2O8S2.CH3I.CH4.BrH.Na/c2*1-16-12-14-19(15-13-16)20(17-8-4-2-5-9-17)18-10-6-3-7-11-18;2*10-9(11,21(15,16)17)8(12)18-6-3-1-4-5(2-3)20(13,14)19-7(4)6;1-2;;;/h2*2-15H,1H3;2*3-7H,1-2H2,(H,15,16,17);1H3;1H4;1H;/q2*+1;;;;;;+1/p-3. The van der Waals surface area contributed by atoms with Crippen molar-refractivity contribution < 1.29 is 134 Å². The van der Waals surface area contributed by atoms with Crippen LogP contribution >= 0.6 is 22.6 Å². The summed E-state index contributed by atoms with van der Waals surface area (Å²) in [6.45, 7) is 4.26. The van der Waals surface area contributed by atoms with Gasteiger partial charge in [-0.2, -0.15) is 34.4 Å².